The topological polar surface area (TPSA) is 95.9 Å². The van der Waals surface area contributed by atoms with Crippen molar-refractivity contribution in [1.82, 2.24) is 25.1 Å². The van der Waals surface area contributed by atoms with Gasteiger partial charge in [0.1, 0.15) is 0 Å². The number of piperidine rings is 1. The number of H-pyrrole nitrogens is 1. The van der Waals surface area contributed by atoms with Crippen LogP contribution in [0, 0.1) is 0 Å². The Kier molecular flexibility index (Phi) is 4.16. The lowest BCUT2D eigenvalue weighted by molar-refractivity contribution is 0.0929. The number of hydrogen-bond acceptors (Lipinski definition) is 5. The van der Waals surface area contributed by atoms with Crippen molar-refractivity contribution in [2.45, 2.75) is 18.9 Å². The van der Waals surface area contributed by atoms with E-state index in [4.69, 9.17) is 0 Å². The van der Waals surface area contributed by atoms with Crippen LogP contribution >= 0.6 is 0 Å². The Balaban J connectivity index is 1.51. The van der Waals surface area contributed by atoms with Crippen molar-refractivity contribution in [3.63, 3.8) is 0 Å². The fraction of sp³-hybridized carbons (Fsp3) is 0.333. The predicted molar refractivity (Wildman–Crippen MR) is 98.3 cm³/mol. The van der Waals surface area contributed by atoms with Crippen molar-refractivity contribution in [2.75, 3.05) is 18.0 Å². The van der Waals surface area contributed by atoms with Gasteiger partial charge in [-0.25, -0.2) is 4.98 Å². The molecule has 134 valence electrons. The Hall–Kier alpha value is -3.16. The first-order valence-electron chi connectivity index (χ1n) is 8.64. The summed E-state index contributed by atoms with van der Waals surface area (Å²) in [6.07, 6.45) is 5.00. The molecule has 1 saturated heterocycles. The second kappa shape index (κ2) is 6.62. The molecule has 3 aromatic rings. The number of aromatic nitrogens is 4. The molecule has 2 N–H and O–H groups in total. The van der Waals surface area contributed by atoms with Gasteiger partial charge in [-0.3, -0.25) is 14.7 Å². The number of rotatable bonds is 3. The van der Waals surface area contributed by atoms with E-state index in [2.05, 4.69) is 20.5 Å². The minimum Gasteiger partial charge on any atom is -0.350 e. The summed E-state index contributed by atoms with van der Waals surface area (Å²) in [6.45, 7) is 1.31. The summed E-state index contributed by atoms with van der Waals surface area (Å²) in [6, 6.07) is 7.48. The largest absolute Gasteiger partial charge is 0.350 e. The van der Waals surface area contributed by atoms with Crippen molar-refractivity contribution in [3.05, 3.63) is 52.7 Å². The molecule has 3 heterocycles. The van der Waals surface area contributed by atoms with Crippen LogP contribution in [-0.2, 0) is 7.05 Å². The summed E-state index contributed by atoms with van der Waals surface area (Å²) in [7, 11) is 1.71. The maximum Gasteiger partial charge on any atom is 0.293 e. The molecule has 26 heavy (non-hydrogen) atoms. The van der Waals surface area contributed by atoms with Crippen LogP contribution in [0.1, 0.15) is 23.3 Å². The van der Waals surface area contributed by atoms with Gasteiger partial charge in [-0.05, 0) is 18.9 Å². The van der Waals surface area contributed by atoms with Gasteiger partial charge in [-0.2, -0.15) is 5.10 Å². The monoisotopic (exact) mass is 352 g/mol. The second-order valence-electron chi connectivity index (χ2n) is 6.54. The molecule has 4 rings (SSSR count). The number of fused-ring (bicyclic) bond motifs is 1. The Bertz CT molecular complexity index is 1010. The van der Waals surface area contributed by atoms with Crippen LogP contribution in [0.2, 0.25) is 0 Å². The van der Waals surface area contributed by atoms with Gasteiger partial charge in [0.25, 0.3) is 11.5 Å². The third-order valence-electron chi connectivity index (χ3n) is 4.74. The molecule has 8 heteroatoms. The number of nitrogens with one attached hydrogen (secondary N) is 2. The fourth-order valence-electron chi connectivity index (χ4n) is 3.38. The highest BCUT2D eigenvalue weighted by atomic mass is 16.2. The first-order chi connectivity index (χ1) is 12.6. The molecule has 1 atom stereocenters. The predicted octanol–water partition coefficient (Wildman–Crippen LogP) is 1.06. The van der Waals surface area contributed by atoms with E-state index in [0.717, 1.165) is 30.3 Å². The van der Waals surface area contributed by atoms with Crippen LogP contribution in [0.4, 0.5) is 5.82 Å². The molecule has 1 aliphatic rings. The summed E-state index contributed by atoms with van der Waals surface area (Å²) in [5.41, 5.74) is 1.10. The molecule has 1 unspecified atom stereocenters. The SMILES string of the molecule is Cn1ccnc(N2CCCC(NC(=O)c3n[nH]c4ccccc34)C2)c1=O. The number of nitrogens with zero attached hydrogens (tertiary/aromatic N) is 4. The van der Waals surface area contributed by atoms with Crippen molar-refractivity contribution in [1.29, 1.82) is 0 Å². The molecule has 0 aliphatic carbocycles. The molecule has 1 aromatic carbocycles. The number of aromatic amines is 1. The second-order valence-corrected chi connectivity index (χ2v) is 6.54. The molecule has 0 saturated carbocycles. The number of hydrogen-bond donors (Lipinski definition) is 2. The van der Waals surface area contributed by atoms with Gasteiger partial charge in [-0.1, -0.05) is 18.2 Å². The quantitative estimate of drug-likeness (QED) is 0.735. The molecule has 1 amide bonds. The Morgan fingerprint density at radius 2 is 2.19 bits per heavy atom. The number of amides is 1. The molecule has 0 spiro atoms. The van der Waals surface area contributed by atoms with E-state index in [-0.39, 0.29) is 17.5 Å². The van der Waals surface area contributed by atoms with Crippen molar-refractivity contribution >= 4 is 22.6 Å². The molecule has 8 nitrogen and oxygen atoms in total. The van der Waals surface area contributed by atoms with Crippen LogP contribution in [0.3, 0.4) is 0 Å². The lowest BCUT2D eigenvalue weighted by Gasteiger charge is -2.33. The van der Waals surface area contributed by atoms with Crippen molar-refractivity contribution in [2.24, 2.45) is 7.05 Å². The van der Waals surface area contributed by atoms with Crippen LogP contribution in [0.25, 0.3) is 10.9 Å². The highest BCUT2D eigenvalue weighted by Gasteiger charge is 2.25. The summed E-state index contributed by atoms with van der Waals surface area (Å²) < 4.78 is 1.51. The normalized spacial score (nSPS) is 17.4. The first kappa shape index (κ1) is 16.3. The molecule has 1 aliphatic heterocycles. The van der Waals surface area contributed by atoms with Crippen LogP contribution in [-0.4, -0.2) is 44.8 Å². The van der Waals surface area contributed by atoms with Gasteiger partial charge in [0.15, 0.2) is 11.5 Å². The van der Waals surface area contributed by atoms with Gasteiger partial charge in [-0.15, -0.1) is 0 Å². The van der Waals surface area contributed by atoms with E-state index in [1.165, 1.54) is 4.57 Å². The Labute approximate surface area is 149 Å². The van der Waals surface area contributed by atoms with Gasteiger partial charge in [0.05, 0.1) is 5.52 Å². The Morgan fingerprint density at radius 1 is 1.35 bits per heavy atom. The molecule has 0 bridgehead atoms. The maximum atomic E-state index is 12.7. The number of aryl methyl sites for hydroxylation is 1. The molecule has 1 fully saturated rings. The fourth-order valence-corrected chi connectivity index (χ4v) is 3.38. The zero-order valence-electron chi connectivity index (χ0n) is 14.5. The molecule has 0 radical (unpaired) electrons. The van der Waals surface area contributed by atoms with Crippen LogP contribution in [0.5, 0.6) is 0 Å². The zero-order chi connectivity index (χ0) is 18.1. The summed E-state index contributed by atoms with van der Waals surface area (Å²) >= 11 is 0. The van der Waals surface area contributed by atoms with Crippen LogP contribution in [0.15, 0.2) is 41.5 Å². The zero-order valence-corrected chi connectivity index (χ0v) is 14.5. The molecular formula is C18H20N6O2. The lowest BCUT2D eigenvalue weighted by atomic mass is 10.1. The van der Waals surface area contributed by atoms with E-state index in [1.807, 2.05) is 29.2 Å². The van der Waals surface area contributed by atoms with E-state index in [1.54, 1.807) is 19.4 Å². The average Bonchev–Trinajstić information content (AvgIpc) is 3.08. The standard InChI is InChI=1S/C18H20N6O2/c1-23-10-8-19-16(18(23)26)24-9-4-5-12(11-24)20-17(25)15-13-6-2-3-7-14(13)21-22-15/h2-3,6-8,10,12H,4-5,9,11H2,1H3,(H,20,25)(H,21,22). The summed E-state index contributed by atoms with van der Waals surface area (Å²) in [4.78, 5) is 31.1. The molecule has 2 aromatic heterocycles. The van der Waals surface area contributed by atoms with Crippen molar-refractivity contribution in [3.8, 4) is 0 Å². The molecular weight excluding hydrogens is 332 g/mol. The first-order valence-corrected chi connectivity index (χ1v) is 8.64. The van der Waals surface area contributed by atoms with Crippen molar-refractivity contribution < 1.29 is 4.79 Å². The minimum absolute atomic E-state index is 0.0570. The average molecular weight is 352 g/mol. The van der Waals surface area contributed by atoms with E-state index >= 15 is 0 Å². The van der Waals surface area contributed by atoms with E-state index in [0.29, 0.717) is 18.1 Å². The smallest absolute Gasteiger partial charge is 0.293 e. The van der Waals surface area contributed by atoms with E-state index in [9.17, 15) is 9.59 Å². The maximum absolute atomic E-state index is 12.7. The lowest BCUT2D eigenvalue weighted by Crippen LogP contribution is -2.49. The van der Waals surface area contributed by atoms with Crippen LogP contribution < -0.4 is 15.8 Å². The highest BCUT2D eigenvalue weighted by molar-refractivity contribution is 6.04. The van der Waals surface area contributed by atoms with Gasteiger partial charge in [0, 0.05) is 44.0 Å². The van der Waals surface area contributed by atoms with Gasteiger partial charge in [0.2, 0.25) is 0 Å². The minimum atomic E-state index is -0.205. The van der Waals surface area contributed by atoms with Gasteiger partial charge >= 0.3 is 0 Å². The number of anilines is 1. The highest BCUT2D eigenvalue weighted by Crippen LogP contribution is 2.17. The number of carbonyl (C=O) groups is 1. The third kappa shape index (κ3) is 2.94. The summed E-state index contributed by atoms with van der Waals surface area (Å²) in [5, 5.41) is 10.9. The number of benzene rings is 1. The number of para-hydroxylation sites is 1. The van der Waals surface area contributed by atoms with E-state index < -0.39 is 0 Å². The Morgan fingerprint density at radius 3 is 3.08 bits per heavy atom. The summed E-state index contributed by atoms with van der Waals surface area (Å²) in [5.74, 6) is 0.224. The van der Waals surface area contributed by atoms with Gasteiger partial charge < -0.3 is 14.8 Å². The number of carbonyl (C=O) groups excluding carboxylic acids is 1. The third-order valence-corrected chi connectivity index (χ3v) is 4.74.